The lowest BCUT2D eigenvalue weighted by Crippen LogP contribution is -2.45. The van der Waals surface area contributed by atoms with Crippen molar-refractivity contribution >= 4 is 11.9 Å². The first kappa shape index (κ1) is 78.6. The number of aliphatic hydroxyl groups is 2. The van der Waals surface area contributed by atoms with Gasteiger partial charge in [0.25, 0.3) is 0 Å². The summed E-state index contributed by atoms with van der Waals surface area (Å²) in [6.07, 6.45) is 87.1. The average molecular weight is 1130 g/mol. The van der Waals surface area contributed by atoms with Crippen molar-refractivity contribution in [3.8, 4) is 0 Å². The maximum atomic E-state index is 12.5. The van der Waals surface area contributed by atoms with E-state index in [0.717, 1.165) is 38.5 Å². The summed E-state index contributed by atoms with van der Waals surface area (Å²) in [4.78, 5) is 24.6. The number of hydrogen-bond donors (Lipinski definition) is 3. The van der Waals surface area contributed by atoms with Crippen LogP contribution in [0.3, 0.4) is 0 Å². The van der Waals surface area contributed by atoms with E-state index in [1.54, 1.807) is 0 Å². The van der Waals surface area contributed by atoms with Crippen molar-refractivity contribution in [2.24, 2.45) is 0 Å². The van der Waals surface area contributed by atoms with Gasteiger partial charge in [-0.1, -0.05) is 373 Å². The molecule has 0 saturated carbocycles. The van der Waals surface area contributed by atoms with Crippen LogP contribution in [-0.4, -0.2) is 47.4 Å². The number of aliphatic hydroxyl groups excluding tert-OH is 2. The molecule has 0 aliphatic carbocycles. The quantitative estimate of drug-likeness (QED) is 0.0320. The van der Waals surface area contributed by atoms with Gasteiger partial charge in [0.05, 0.1) is 25.4 Å². The van der Waals surface area contributed by atoms with E-state index in [1.807, 2.05) is 0 Å². The molecule has 3 N–H and O–H groups in total. The molecule has 0 fully saturated rings. The highest BCUT2D eigenvalue weighted by molar-refractivity contribution is 5.76. The Morgan fingerprint density at radius 2 is 0.588 bits per heavy atom. The van der Waals surface area contributed by atoms with Crippen LogP contribution in [0.2, 0.25) is 0 Å². The Kier molecular flexibility index (Phi) is 68.9. The molecule has 1 amide bonds. The highest BCUT2D eigenvalue weighted by Crippen LogP contribution is 2.19. The number of unbranched alkanes of at least 4 members (excludes halogenated alkanes) is 57. The van der Waals surface area contributed by atoms with Crippen LogP contribution in [0.25, 0.3) is 0 Å². The maximum Gasteiger partial charge on any atom is 0.305 e. The molecule has 0 aromatic rings. The summed E-state index contributed by atoms with van der Waals surface area (Å²) < 4.78 is 5.48. The summed E-state index contributed by atoms with van der Waals surface area (Å²) in [7, 11) is 0. The number of carbonyl (C=O) groups is 2. The second kappa shape index (κ2) is 70.1. The summed E-state index contributed by atoms with van der Waals surface area (Å²) in [6.45, 7) is 5.00. The topological polar surface area (TPSA) is 95.9 Å². The van der Waals surface area contributed by atoms with Crippen LogP contribution in [0.5, 0.6) is 0 Å². The number of nitrogens with one attached hydrogen (secondary N) is 1. The lowest BCUT2D eigenvalue weighted by Gasteiger charge is -2.22. The number of allylic oxidation sites excluding steroid dienone is 2. The number of hydrogen-bond acceptors (Lipinski definition) is 5. The van der Waals surface area contributed by atoms with Crippen LogP contribution in [-0.2, 0) is 14.3 Å². The molecular weight excluding hydrogens is 983 g/mol. The van der Waals surface area contributed by atoms with Crippen LogP contribution in [0.4, 0.5) is 0 Å². The zero-order valence-electron chi connectivity index (χ0n) is 54.6. The minimum absolute atomic E-state index is 0.0203. The highest BCUT2D eigenvalue weighted by atomic mass is 16.5. The first-order chi connectivity index (χ1) is 39.5. The number of carbonyl (C=O) groups excluding carboxylic acids is 2. The molecular formula is C74H145NO5. The minimum atomic E-state index is -0.662. The van der Waals surface area contributed by atoms with Gasteiger partial charge in [0.1, 0.15) is 0 Å². The summed E-state index contributed by atoms with van der Waals surface area (Å²) in [5, 5.41) is 23.4. The fourth-order valence-electron chi connectivity index (χ4n) is 11.9. The molecule has 0 aliphatic rings. The summed E-state index contributed by atoms with van der Waals surface area (Å²) in [5.41, 5.74) is 0. The molecule has 6 nitrogen and oxygen atoms in total. The number of rotatable bonds is 70. The molecule has 0 aromatic carbocycles. The van der Waals surface area contributed by atoms with E-state index in [9.17, 15) is 19.8 Å². The summed E-state index contributed by atoms with van der Waals surface area (Å²) >= 11 is 0. The zero-order chi connectivity index (χ0) is 57.8. The Morgan fingerprint density at radius 1 is 0.338 bits per heavy atom. The zero-order valence-corrected chi connectivity index (χ0v) is 54.6. The maximum absolute atomic E-state index is 12.5. The molecule has 80 heavy (non-hydrogen) atoms. The predicted octanol–water partition coefficient (Wildman–Crippen LogP) is 23.9. The van der Waals surface area contributed by atoms with E-state index in [-0.39, 0.29) is 18.5 Å². The van der Waals surface area contributed by atoms with Crippen molar-refractivity contribution in [3.05, 3.63) is 12.2 Å². The first-order valence-corrected chi connectivity index (χ1v) is 36.9. The van der Waals surface area contributed by atoms with E-state index >= 15 is 0 Å². The average Bonchev–Trinajstić information content (AvgIpc) is 3.46. The Labute approximate surface area is 501 Å². The molecule has 0 rings (SSSR count). The van der Waals surface area contributed by atoms with Gasteiger partial charge in [-0.2, -0.15) is 0 Å². The smallest absolute Gasteiger partial charge is 0.305 e. The molecule has 0 radical (unpaired) electrons. The summed E-state index contributed by atoms with van der Waals surface area (Å²) in [6, 6.07) is -0.539. The van der Waals surface area contributed by atoms with Crippen LogP contribution < -0.4 is 5.32 Å². The molecule has 0 bridgehead atoms. The molecule has 0 heterocycles. The van der Waals surface area contributed by atoms with E-state index in [2.05, 4.69) is 31.3 Å². The first-order valence-electron chi connectivity index (χ1n) is 36.9. The van der Waals surface area contributed by atoms with Crippen molar-refractivity contribution in [1.82, 2.24) is 5.32 Å². The molecule has 476 valence electrons. The van der Waals surface area contributed by atoms with Gasteiger partial charge in [0, 0.05) is 12.8 Å². The van der Waals surface area contributed by atoms with E-state index in [0.29, 0.717) is 25.9 Å². The molecule has 2 unspecified atom stereocenters. The standard InChI is InChI=1S/C74H145NO5/c1-3-5-7-9-11-13-15-17-18-19-37-40-43-46-50-54-58-62-66-72(77)71(70-76)75-73(78)67-63-59-55-51-47-44-41-38-35-33-31-29-27-25-23-21-20-22-24-26-28-30-32-34-36-39-42-45-49-53-57-61-65-69-80-74(79)68-64-60-56-52-48-16-14-12-10-8-6-4-2/h24,26,71-72,76-77H,3-23,25,27-70H2,1-2H3,(H,75,78)/b26-24-. The Balaban J connectivity index is 3.34. The van der Waals surface area contributed by atoms with Gasteiger partial charge in [0.15, 0.2) is 0 Å². The fourth-order valence-corrected chi connectivity index (χ4v) is 11.9. The predicted molar refractivity (Wildman–Crippen MR) is 352 cm³/mol. The lowest BCUT2D eigenvalue weighted by atomic mass is 10.0. The largest absolute Gasteiger partial charge is 0.466 e. The van der Waals surface area contributed by atoms with E-state index in [4.69, 9.17) is 4.74 Å². The van der Waals surface area contributed by atoms with Crippen molar-refractivity contribution in [3.63, 3.8) is 0 Å². The van der Waals surface area contributed by atoms with Gasteiger partial charge < -0.3 is 20.3 Å². The van der Waals surface area contributed by atoms with Gasteiger partial charge in [-0.05, 0) is 51.4 Å². The van der Waals surface area contributed by atoms with E-state index in [1.165, 1.54) is 353 Å². The van der Waals surface area contributed by atoms with Crippen molar-refractivity contribution in [2.45, 2.75) is 437 Å². The van der Waals surface area contributed by atoms with Crippen molar-refractivity contribution < 1.29 is 24.5 Å². The second-order valence-electron chi connectivity index (χ2n) is 25.6. The molecule has 2 atom stereocenters. The Bertz CT molecular complexity index is 1210. The lowest BCUT2D eigenvalue weighted by molar-refractivity contribution is -0.143. The van der Waals surface area contributed by atoms with Gasteiger partial charge in [-0.25, -0.2) is 0 Å². The van der Waals surface area contributed by atoms with Gasteiger partial charge in [0.2, 0.25) is 5.91 Å². The molecule has 6 heteroatoms. The summed E-state index contributed by atoms with van der Waals surface area (Å²) in [5.74, 6) is -0.00695. The number of esters is 1. The normalized spacial score (nSPS) is 12.5. The molecule has 0 aliphatic heterocycles. The van der Waals surface area contributed by atoms with Gasteiger partial charge in [-0.3, -0.25) is 9.59 Å². The van der Waals surface area contributed by atoms with Crippen LogP contribution in [0, 0.1) is 0 Å². The monoisotopic (exact) mass is 1130 g/mol. The number of amides is 1. The third-order valence-corrected chi connectivity index (χ3v) is 17.6. The third-order valence-electron chi connectivity index (χ3n) is 17.6. The van der Waals surface area contributed by atoms with Crippen molar-refractivity contribution in [1.29, 1.82) is 0 Å². The minimum Gasteiger partial charge on any atom is -0.466 e. The van der Waals surface area contributed by atoms with Crippen molar-refractivity contribution in [2.75, 3.05) is 13.2 Å². The highest BCUT2D eigenvalue weighted by Gasteiger charge is 2.20. The van der Waals surface area contributed by atoms with Crippen LogP contribution >= 0.6 is 0 Å². The Morgan fingerprint density at radius 3 is 0.887 bits per heavy atom. The van der Waals surface area contributed by atoms with Crippen LogP contribution in [0.15, 0.2) is 12.2 Å². The second-order valence-corrected chi connectivity index (χ2v) is 25.6. The Hall–Kier alpha value is -1.40. The van der Waals surface area contributed by atoms with Gasteiger partial charge >= 0.3 is 5.97 Å². The third kappa shape index (κ3) is 65.7. The SMILES string of the molecule is CCCCCCCCCCCCCCCCCCCCC(O)C(CO)NC(=O)CCCCCCCCCCCCCCCCCCC/C=C\CCCCCCCCCCCCCCOC(=O)CCCCCCCCCCCCCC. The van der Waals surface area contributed by atoms with Gasteiger partial charge in [-0.15, -0.1) is 0 Å². The molecule has 0 aromatic heterocycles. The van der Waals surface area contributed by atoms with E-state index < -0.39 is 12.1 Å². The van der Waals surface area contributed by atoms with Crippen LogP contribution in [0.1, 0.15) is 425 Å². The number of ether oxygens (including phenoxy) is 1. The molecule has 0 spiro atoms. The fraction of sp³-hybridized carbons (Fsp3) is 0.946. The molecule has 0 saturated heterocycles.